The summed E-state index contributed by atoms with van der Waals surface area (Å²) in [5, 5.41) is 5.69. The highest BCUT2D eigenvalue weighted by Gasteiger charge is 2.03. The van der Waals surface area contributed by atoms with Crippen LogP contribution < -0.4 is 0 Å². The fraction of sp³-hybridized carbons (Fsp3) is 0.100. The minimum Gasteiger partial charge on any atom is -0.241 e. The lowest BCUT2D eigenvalue weighted by Gasteiger charge is -2.07. The number of aromatic nitrogens is 2. The zero-order valence-corrected chi connectivity index (χ0v) is 9.66. The highest BCUT2D eigenvalue weighted by atomic mass is 79.9. The van der Waals surface area contributed by atoms with Gasteiger partial charge in [0.2, 0.25) is 0 Å². The molecular formula is C10H8BrClN2. The number of halogens is 2. The topological polar surface area (TPSA) is 17.8 Å². The molecule has 1 heterocycles. The van der Waals surface area contributed by atoms with E-state index in [2.05, 4.69) is 21.0 Å². The fourth-order valence-electron chi connectivity index (χ4n) is 1.30. The maximum absolute atomic E-state index is 5.91. The van der Waals surface area contributed by atoms with Gasteiger partial charge in [0.05, 0.1) is 5.69 Å². The van der Waals surface area contributed by atoms with Gasteiger partial charge in [-0.15, -0.1) is 0 Å². The molecule has 0 amide bonds. The Labute approximate surface area is 95.6 Å². The molecule has 0 aliphatic rings. The molecule has 0 bridgehead atoms. The first kappa shape index (κ1) is 9.74. The van der Waals surface area contributed by atoms with Crippen molar-refractivity contribution in [2.75, 3.05) is 0 Å². The van der Waals surface area contributed by atoms with Crippen LogP contribution in [-0.4, -0.2) is 9.78 Å². The molecule has 2 nitrogen and oxygen atoms in total. The molecule has 0 radical (unpaired) electrons. The minimum absolute atomic E-state index is 0.746. The van der Waals surface area contributed by atoms with Gasteiger partial charge in [-0.05, 0) is 29.8 Å². The van der Waals surface area contributed by atoms with Crippen molar-refractivity contribution in [1.82, 2.24) is 9.78 Å². The lowest BCUT2D eigenvalue weighted by Crippen LogP contribution is -1.98. The summed E-state index contributed by atoms with van der Waals surface area (Å²) in [6, 6.07) is 7.66. The van der Waals surface area contributed by atoms with Crippen molar-refractivity contribution in [3.05, 3.63) is 47.2 Å². The second-order valence-corrected chi connectivity index (χ2v) is 3.85. The maximum Gasteiger partial charge on any atom is 0.0687 e. The third kappa shape index (κ3) is 1.83. The van der Waals surface area contributed by atoms with Crippen LogP contribution in [0.3, 0.4) is 0 Å². The summed E-state index contributed by atoms with van der Waals surface area (Å²) in [6.07, 6.45) is 3.67. The standard InChI is InChI=1S/C10H8BrClN2/c11-7-8-6-9(12)2-3-10(8)14-5-1-4-13-14/h1-6H,7H2. The van der Waals surface area contributed by atoms with Crippen LogP contribution in [0, 0.1) is 0 Å². The monoisotopic (exact) mass is 270 g/mol. The van der Waals surface area contributed by atoms with E-state index in [1.165, 1.54) is 0 Å². The van der Waals surface area contributed by atoms with Gasteiger partial charge >= 0.3 is 0 Å². The summed E-state index contributed by atoms with van der Waals surface area (Å²) in [5.74, 6) is 0. The van der Waals surface area contributed by atoms with Crippen molar-refractivity contribution in [2.24, 2.45) is 0 Å². The molecule has 72 valence electrons. The summed E-state index contributed by atoms with van der Waals surface area (Å²) in [6.45, 7) is 0. The molecule has 0 saturated heterocycles. The van der Waals surface area contributed by atoms with Gasteiger partial charge in [0.15, 0.2) is 0 Å². The molecule has 0 atom stereocenters. The molecule has 0 unspecified atom stereocenters. The van der Waals surface area contributed by atoms with Gasteiger partial charge in [0.1, 0.15) is 0 Å². The van der Waals surface area contributed by atoms with Crippen LogP contribution in [0.4, 0.5) is 0 Å². The Kier molecular flexibility index (Phi) is 2.89. The molecule has 2 aromatic rings. The molecule has 0 fully saturated rings. The number of alkyl halides is 1. The van der Waals surface area contributed by atoms with Gasteiger partial charge < -0.3 is 0 Å². The normalized spacial score (nSPS) is 10.4. The van der Waals surface area contributed by atoms with Gasteiger partial charge in [-0.3, -0.25) is 0 Å². The summed E-state index contributed by atoms with van der Waals surface area (Å²) in [4.78, 5) is 0. The number of hydrogen-bond donors (Lipinski definition) is 0. The van der Waals surface area contributed by atoms with Crippen LogP contribution in [0.5, 0.6) is 0 Å². The van der Waals surface area contributed by atoms with Crippen LogP contribution in [-0.2, 0) is 5.33 Å². The first-order chi connectivity index (χ1) is 6.81. The van der Waals surface area contributed by atoms with Crippen LogP contribution in [0.2, 0.25) is 5.02 Å². The molecule has 0 aliphatic carbocycles. The van der Waals surface area contributed by atoms with E-state index in [1.54, 1.807) is 6.20 Å². The van der Waals surface area contributed by atoms with E-state index in [0.29, 0.717) is 0 Å². The molecule has 4 heteroatoms. The molecule has 0 spiro atoms. The molecule has 14 heavy (non-hydrogen) atoms. The summed E-state index contributed by atoms with van der Waals surface area (Å²) in [7, 11) is 0. The van der Waals surface area contributed by atoms with Crippen LogP contribution >= 0.6 is 27.5 Å². The second kappa shape index (κ2) is 4.15. The Hall–Kier alpha value is -0.800. The van der Waals surface area contributed by atoms with Gasteiger partial charge in [-0.25, -0.2) is 4.68 Å². The Morgan fingerprint density at radius 3 is 2.93 bits per heavy atom. The van der Waals surface area contributed by atoms with Crippen molar-refractivity contribution < 1.29 is 0 Å². The van der Waals surface area contributed by atoms with E-state index in [0.717, 1.165) is 21.6 Å². The zero-order valence-electron chi connectivity index (χ0n) is 7.32. The van der Waals surface area contributed by atoms with E-state index in [-0.39, 0.29) is 0 Å². The highest BCUT2D eigenvalue weighted by Crippen LogP contribution is 2.21. The fourth-order valence-corrected chi connectivity index (χ4v) is 1.94. The Balaban J connectivity index is 2.53. The van der Waals surface area contributed by atoms with E-state index in [9.17, 15) is 0 Å². The second-order valence-electron chi connectivity index (χ2n) is 2.86. The van der Waals surface area contributed by atoms with Crippen LogP contribution in [0.15, 0.2) is 36.7 Å². The van der Waals surface area contributed by atoms with E-state index in [4.69, 9.17) is 11.6 Å². The number of rotatable bonds is 2. The van der Waals surface area contributed by atoms with Gasteiger partial charge in [-0.1, -0.05) is 27.5 Å². The Morgan fingerprint density at radius 1 is 1.43 bits per heavy atom. The first-order valence-electron chi connectivity index (χ1n) is 4.15. The van der Waals surface area contributed by atoms with E-state index < -0.39 is 0 Å². The smallest absolute Gasteiger partial charge is 0.0687 e. The largest absolute Gasteiger partial charge is 0.241 e. The van der Waals surface area contributed by atoms with Gasteiger partial charge in [-0.2, -0.15) is 5.10 Å². The quantitative estimate of drug-likeness (QED) is 0.765. The van der Waals surface area contributed by atoms with Gasteiger partial charge in [0, 0.05) is 22.7 Å². The highest BCUT2D eigenvalue weighted by molar-refractivity contribution is 9.08. The number of nitrogens with zero attached hydrogens (tertiary/aromatic N) is 2. The third-order valence-corrected chi connectivity index (χ3v) is 2.78. The van der Waals surface area contributed by atoms with Crippen molar-refractivity contribution in [2.45, 2.75) is 5.33 Å². The van der Waals surface area contributed by atoms with E-state index >= 15 is 0 Å². The van der Waals surface area contributed by atoms with Crippen LogP contribution in [0.25, 0.3) is 5.69 Å². The summed E-state index contributed by atoms with van der Waals surface area (Å²) < 4.78 is 1.83. The van der Waals surface area contributed by atoms with Crippen molar-refractivity contribution in [3.63, 3.8) is 0 Å². The van der Waals surface area contributed by atoms with Crippen molar-refractivity contribution in [1.29, 1.82) is 0 Å². The van der Waals surface area contributed by atoms with Crippen LogP contribution in [0.1, 0.15) is 5.56 Å². The number of hydrogen-bond acceptors (Lipinski definition) is 1. The molecule has 1 aromatic carbocycles. The Bertz CT molecular complexity index is 426. The zero-order chi connectivity index (χ0) is 9.97. The lowest BCUT2D eigenvalue weighted by atomic mass is 10.2. The summed E-state index contributed by atoms with van der Waals surface area (Å²) in [5.41, 5.74) is 2.18. The predicted octanol–water partition coefficient (Wildman–Crippen LogP) is 3.42. The lowest BCUT2D eigenvalue weighted by molar-refractivity contribution is 0.872. The molecule has 0 aliphatic heterocycles. The molecule has 0 saturated carbocycles. The van der Waals surface area contributed by atoms with E-state index in [1.807, 2.05) is 35.1 Å². The Morgan fingerprint density at radius 2 is 2.29 bits per heavy atom. The predicted molar refractivity (Wildman–Crippen MR) is 61.2 cm³/mol. The number of benzene rings is 1. The van der Waals surface area contributed by atoms with Gasteiger partial charge in [0.25, 0.3) is 0 Å². The summed E-state index contributed by atoms with van der Waals surface area (Å²) >= 11 is 9.33. The average molecular weight is 272 g/mol. The molecule has 1 aromatic heterocycles. The van der Waals surface area contributed by atoms with Crippen molar-refractivity contribution in [3.8, 4) is 5.69 Å². The van der Waals surface area contributed by atoms with Crippen molar-refractivity contribution >= 4 is 27.5 Å². The average Bonchev–Trinajstić information content (AvgIpc) is 2.70. The minimum atomic E-state index is 0.746. The maximum atomic E-state index is 5.91. The third-order valence-electron chi connectivity index (χ3n) is 1.94. The molecule has 2 rings (SSSR count). The SMILES string of the molecule is Clc1ccc(-n2cccn2)c(CBr)c1. The molecule has 0 N–H and O–H groups in total. The molecular weight excluding hydrogens is 263 g/mol. The first-order valence-corrected chi connectivity index (χ1v) is 5.65.